The monoisotopic (exact) mass is 274 g/mol. The molecule has 1 aromatic rings. The Kier molecular flexibility index (Phi) is 4.69. The molecule has 0 bridgehead atoms. The molecule has 2 rings (SSSR count). The number of nitrogens with two attached hydrogens (primary N) is 1. The van der Waals surface area contributed by atoms with Crippen molar-refractivity contribution >= 4 is 11.6 Å². The van der Waals surface area contributed by atoms with Crippen LogP contribution in [0.4, 0.5) is 5.69 Å². The molecule has 110 valence electrons. The number of anilines is 1. The van der Waals surface area contributed by atoms with Gasteiger partial charge < -0.3 is 10.6 Å². The van der Waals surface area contributed by atoms with Gasteiger partial charge in [-0.15, -0.1) is 0 Å². The number of hydrogen-bond donors (Lipinski definition) is 1. The van der Waals surface area contributed by atoms with Crippen molar-refractivity contribution in [3.8, 4) is 0 Å². The Balaban J connectivity index is 2.08. The second kappa shape index (κ2) is 6.29. The molecule has 0 aliphatic carbocycles. The summed E-state index contributed by atoms with van der Waals surface area (Å²) >= 11 is 0. The molecule has 3 heteroatoms. The first-order valence-electron chi connectivity index (χ1n) is 7.60. The first-order valence-corrected chi connectivity index (χ1v) is 7.60. The number of hydrogen-bond acceptors (Lipinski definition) is 2. The van der Waals surface area contributed by atoms with Crippen LogP contribution in [0, 0.1) is 18.8 Å². The highest BCUT2D eigenvalue weighted by molar-refractivity contribution is 5.76. The predicted molar refractivity (Wildman–Crippen MR) is 83.2 cm³/mol. The fraction of sp³-hybridized carbons (Fsp3) is 0.588. The van der Waals surface area contributed by atoms with Crippen LogP contribution in [0.25, 0.3) is 0 Å². The summed E-state index contributed by atoms with van der Waals surface area (Å²) in [6, 6.07) is 5.96. The summed E-state index contributed by atoms with van der Waals surface area (Å²) in [4.78, 5) is 14.3. The molecule has 1 saturated heterocycles. The molecule has 20 heavy (non-hydrogen) atoms. The van der Waals surface area contributed by atoms with Crippen molar-refractivity contribution in [1.29, 1.82) is 0 Å². The van der Waals surface area contributed by atoms with Gasteiger partial charge in [0.05, 0.1) is 0 Å². The van der Waals surface area contributed by atoms with Crippen molar-refractivity contribution in [1.82, 2.24) is 4.90 Å². The number of nitrogen functional groups attached to an aromatic ring is 1. The van der Waals surface area contributed by atoms with Gasteiger partial charge in [-0.25, -0.2) is 0 Å². The Labute approximate surface area is 122 Å². The molecular weight excluding hydrogens is 248 g/mol. The Hall–Kier alpha value is -1.51. The van der Waals surface area contributed by atoms with Gasteiger partial charge in [0.2, 0.25) is 5.91 Å². The smallest absolute Gasteiger partial charge is 0.222 e. The third kappa shape index (κ3) is 3.33. The van der Waals surface area contributed by atoms with Gasteiger partial charge in [0.25, 0.3) is 0 Å². The van der Waals surface area contributed by atoms with E-state index in [1.54, 1.807) is 0 Å². The molecule has 1 aromatic carbocycles. The lowest BCUT2D eigenvalue weighted by Gasteiger charge is -2.23. The van der Waals surface area contributed by atoms with E-state index >= 15 is 0 Å². The molecular formula is C17H26N2O. The van der Waals surface area contributed by atoms with Gasteiger partial charge in [-0.05, 0) is 48.8 Å². The minimum absolute atomic E-state index is 0.287. The number of amides is 1. The normalized spacial score (nSPS) is 20.3. The fourth-order valence-electron chi connectivity index (χ4n) is 2.97. The first kappa shape index (κ1) is 14.9. The van der Waals surface area contributed by atoms with Crippen LogP contribution in [0.2, 0.25) is 0 Å². The SMILES string of the molecule is Cc1c(N)cccc1CN1CCC(C(C)C)CCC1=O. The van der Waals surface area contributed by atoms with Crippen LogP contribution in [-0.4, -0.2) is 17.4 Å². The Morgan fingerprint density at radius 1 is 1.35 bits per heavy atom. The molecule has 1 unspecified atom stereocenters. The average molecular weight is 274 g/mol. The molecule has 1 aliphatic rings. The fourth-order valence-corrected chi connectivity index (χ4v) is 2.97. The molecule has 0 radical (unpaired) electrons. The predicted octanol–water partition coefficient (Wildman–Crippen LogP) is 3.36. The van der Waals surface area contributed by atoms with Crippen LogP contribution in [0.5, 0.6) is 0 Å². The second-order valence-corrected chi connectivity index (χ2v) is 6.28. The Morgan fingerprint density at radius 2 is 2.10 bits per heavy atom. The second-order valence-electron chi connectivity index (χ2n) is 6.28. The summed E-state index contributed by atoms with van der Waals surface area (Å²) in [5, 5.41) is 0. The van der Waals surface area contributed by atoms with E-state index in [-0.39, 0.29) is 5.91 Å². The highest BCUT2D eigenvalue weighted by Gasteiger charge is 2.24. The van der Waals surface area contributed by atoms with E-state index in [4.69, 9.17) is 5.73 Å². The van der Waals surface area contributed by atoms with Crippen LogP contribution in [0.15, 0.2) is 18.2 Å². The highest BCUT2D eigenvalue weighted by Crippen LogP contribution is 2.26. The van der Waals surface area contributed by atoms with Crippen LogP contribution >= 0.6 is 0 Å². The van der Waals surface area contributed by atoms with Gasteiger partial charge in [-0.3, -0.25) is 4.79 Å². The minimum Gasteiger partial charge on any atom is -0.399 e. The maximum absolute atomic E-state index is 12.3. The lowest BCUT2D eigenvalue weighted by molar-refractivity contribution is -0.131. The Bertz CT molecular complexity index is 482. The molecule has 0 spiro atoms. The van der Waals surface area contributed by atoms with E-state index in [1.807, 2.05) is 24.0 Å². The summed E-state index contributed by atoms with van der Waals surface area (Å²) in [5.74, 6) is 1.62. The highest BCUT2D eigenvalue weighted by atomic mass is 16.2. The third-order valence-corrected chi connectivity index (χ3v) is 4.64. The van der Waals surface area contributed by atoms with Crippen molar-refractivity contribution in [2.45, 2.75) is 46.6 Å². The summed E-state index contributed by atoms with van der Waals surface area (Å²) in [6.45, 7) is 8.11. The molecule has 3 nitrogen and oxygen atoms in total. The topological polar surface area (TPSA) is 46.3 Å². The van der Waals surface area contributed by atoms with Crippen LogP contribution < -0.4 is 5.73 Å². The van der Waals surface area contributed by atoms with Crippen LogP contribution in [-0.2, 0) is 11.3 Å². The maximum atomic E-state index is 12.3. The lowest BCUT2D eigenvalue weighted by atomic mass is 9.89. The average Bonchev–Trinajstić information content (AvgIpc) is 2.58. The molecule has 1 atom stereocenters. The van der Waals surface area contributed by atoms with Gasteiger partial charge in [-0.1, -0.05) is 26.0 Å². The van der Waals surface area contributed by atoms with Gasteiger partial charge in [0, 0.05) is 25.2 Å². The van der Waals surface area contributed by atoms with Crippen molar-refractivity contribution in [3.63, 3.8) is 0 Å². The van der Waals surface area contributed by atoms with Crippen molar-refractivity contribution in [3.05, 3.63) is 29.3 Å². The van der Waals surface area contributed by atoms with Crippen molar-refractivity contribution < 1.29 is 4.79 Å². The maximum Gasteiger partial charge on any atom is 0.222 e. The minimum atomic E-state index is 0.287. The quantitative estimate of drug-likeness (QED) is 0.859. The zero-order valence-electron chi connectivity index (χ0n) is 12.9. The number of benzene rings is 1. The molecule has 1 heterocycles. The van der Waals surface area contributed by atoms with E-state index in [9.17, 15) is 4.79 Å². The summed E-state index contributed by atoms with van der Waals surface area (Å²) in [6.07, 6.45) is 2.83. The molecule has 0 saturated carbocycles. The lowest BCUT2D eigenvalue weighted by Crippen LogP contribution is -2.30. The van der Waals surface area contributed by atoms with Gasteiger partial charge >= 0.3 is 0 Å². The van der Waals surface area contributed by atoms with E-state index in [0.29, 0.717) is 24.8 Å². The van der Waals surface area contributed by atoms with E-state index in [2.05, 4.69) is 19.9 Å². The largest absolute Gasteiger partial charge is 0.399 e. The van der Waals surface area contributed by atoms with Gasteiger partial charge in [0.15, 0.2) is 0 Å². The van der Waals surface area contributed by atoms with E-state index < -0.39 is 0 Å². The van der Waals surface area contributed by atoms with Crippen LogP contribution in [0.3, 0.4) is 0 Å². The van der Waals surface area contributed by atoms with Crippen molar-refractivity contribution in [2.75, 3.05) is 12.3 Å². The standard InChI is InChI=1S/C17H26N2O/c1-12(2)14-7-8-17(20)19(10-9-14)11-15-5-4-6-16(18)13(15)3/h4-6,12,14H,7-11,18H2,1-3H3. The molecule has 1 amide bonds. The third-order valence-electron chi connectivity index (χ3n) is 4.64. The molecule has 2 N–H and O–H groups in total. The van der Waals surface area contributed by atoms with E-state index in [1.165, 1.54) is 5.56 Å². The van der Waals surface area contributed by atoms with E-state index in [0.717, 1.165) is 30.6 Å². The van der Waals surface area contributed by atoms with Crippen molar-refractivity contribution in [2.24, 2.45) is 11.8 Å². The molecule has 1 aliphatic heterocycles. The number of nitrogens with zero attached hydrogens (tertiary/aromatic N) is 1. The summed E-state index contributed by atoms with van der Waals surface area (Å²) in [7, 11) is 0. The number of likely N-dealkylation sites (tertiary alicyclic amines) is 1. The summed E-state index contributed by atoms with van der Waals surface area (Å²) < 4.78 is 0. The zero-order valence-corrected chi connectivity index (χ0v) is 12.9. The summed E-state index contributed by atoms with van der Waals surface area (Å²) in [5.41, 5.74) is 9.03. The Morgan fingerprint density at radius 3 is 2.80 bits per heavy atom. The first-order chi connectivity index (χ1) is 9.49. The number of carbonyl (C=O) groups is 1. The molecule has 0 aromatic heterocycles. The number of carbonyl (C=O) groups excluding carboxylic acids is 1. The zero-order chi connectivity index (χ0) is 14.7. The van der Waals surface area contributed by atoms with Gasteiger partial charge in [-0.2, -0.15) is 0 Å². The van der Waals surface area contributed by atoms with Crippen LogP contribution in [0.1, 0.15) is 44.2 Å². The van der Waals surface area contributed by atoms with Gasteiger partial charge in [0.1, 0.15) is 0 Å². The number of rotatable bonds is 3. The molecule has 1 fully saturated rings.